The standard InChI is InChI=1S/C19H14ClN5/c1-21-18-14-7-6-12(13-4-2-3-5-15(13)20)10-16(14)24-19(25-18)17-11-22-8-9-23-17/h2-11H,1H3,(H,21,24,25). The Morgan fingerprint density at radius 3 is 2.64 bits per heavy atom. The van der Waals surface area contributed by atoms with Crippen molar-refractivity contribution in [2.45, 2.75) is 0 Å². The molecule has 0 saturated heterocycles. The molecule has 4 aromatic rings. The molecule has 0 amide bonds. The molecule has 0 aliphatic carbocycles. The van der Waals surface area contributed by atoms with Crippen molar-refractivity contribution in [3.63, 3.8) is 0 Å². The first-order chi connectivity index (χ1) is 12.3. The number of hydrogen-bond acceptors (Lipinski definition) is 5. The number of halogens is 1. The maximum absolute atomic E-state index is 6.33. The van der Waals surface area contributed by atoms with Crippen LogP contribution in [0.1, 0.15) is 0 Å². The molecule has 122 valence electrons. The van der Waals surface area contributed by atoms with Gasteiger partial charge in [-0.1, -0.05) is 35.9 Å². The van der Waals surface area contributed by atoms with Gasteiger partial charge in [-0.05, 0) is 23.8 Å². The molecule has 0 bridgehead atoms. The van der Waals surface area contributed by atoms with Gasteiger partial charge in [0.05, 0.1) is 11.7 Å². The molecule has 25 heavy (non-hydrogen) atoms. The van der Waals surface area contributed by atoms with E-state index in [-0.39, 0.29) is 0 Å². The number of anilines is 1. The summed E-state index contributed by atoms with van der Waals surface area (Å²) in [6.45, 7) is 0. The number of aromatic nitrogens is 4. The lowest BCUT2D eigenvalue weighted by molar-refractivity contribution is 1.13. The third kappa shape index (κ3) is 2.90. The highest BCUT2D eigenvalue weighted by atomic mass is 35.5. The van der Waals surface area contributed by atoms with Crippen molar-refractivity contribution in [1.82, 2.24) is 19.9 Å². The molecule has 0 radical (unpaired) electrons. The SMILES string of the molecule is CNc1nc(-c2cnccn2)nc2cc(-c3ccccc3Cl)ccc12. The Hall–Kier alpha value is -3.05. The van der Waals surface area contributed by atoms with Crippen molar-refractivity contribution >= 4 is 28.3 Å². The molecule has 0 fully saturated rings. The van der Waals surface area contributed by atoms with Crippen LogP contribution in [0.2, 0.25) is 5.02 Å². The first-order valence-electron chi connectivity index (χ1n) is 7.77. The largest absolute Gasteiger partial charge is 0.373 e. The lowest BCUT2D eigenvalue weighted by atomic mass is 10.0. The number of nitrogens with one attached hydrogen (secondary N) is 1. The fraction of sp³-hybridized carbons (Fsp3) is 0.0526. The molecule has 0 saturated carbocycles. The van der Waals surface area contributed by atoms with Crippen LogP contribution in [-0.2, 0) is 0 Å². The summed E-state index contributed by atoms with van der Waals surface area (Å²) in [6, 6.07) is 13.8. The van der Waals surface area contributed by atoms with E-state index < -0.39 is 0 Å². The summed E-state index contributed by atoms with van der Waals surface area (Å²) in [6.07, 6.45) is 4.90. The molecule has 2 heterocycles. The second-order valence-corrected chi connectivity index (χ2v) is 5.86. The van der Waals surface area contributed by atoms with Crippen LogP contribution < -0.4 is 5.32 Å². The average molecular weight is 348 g/mol. The molecule has 2 aromatic heterocycles. The van der Waals surface area contributed by atoms with Gasteiger partial charge in [-0.15, -0.1) is 0 Å². The summed E-state index contributed by atoms with van der Waals surface area (Å²) in [4.78, 5) is 17.6. The zero-order valence-electron chi connectivity index (χ0n) is 13.4. The molecule has 0 unspecified atom stereocenters. The van der Waals surface area contributed by atoms with Gasteiger partial charge < -0.3 is 5.32 Å². The van der Waals surface area contributed by atoms with Crippen molar-refractivity contribution in [3.8, 4) is 22.6 Å². The van der Waals surface area contributed by atoms with Crippen molar-refractivity contribution in [1.29, 1.82) is 0 Å². The second kappa shape index (κ2) is 6.45. The monoisotopic (exact) mass is 347 g/mol. The highest BCUT2D eigenvalue weighted by Crippen LogP contribution is 2.31. The second-order valence-electron chi connectivity index (χ2n) is 5.45. The minimum absolute atomic E-state index is 0.529. The van der Waals surface area contributed by atoms with E-state index in [0.29, 0.717) is 16.5 Å². The topological polar surface area (TPSA) is 63.6 Å². The molecule has 0 spiro atoms. The third-order valence-electron chi connectivity index (χ3n) is 3.91. The predicted octanol–water partition coefficient (Wildman–Crippen LogP) is 4.45. The summed E-state index contributed by atoms with van der Waals surface area (Å²) >= 11 is 6.33. The molecule has 1 N–H and O–H groups in total. The molecule has 0 aliphatic rings. The summed E-state index contributed by atoms with van der Waals surface area (Å²) in [5.74, 6) is 1.28. The van der Waals surface area contributed by atoms with Gasteiger partial charge in [0.25, 0.3) is 0 Å². The van der Waals surface area contributed by atoms with E-state index in [1.54, 1.807) is 18.6 Å². The Labute approximate surface area is 149 Å². The van der Waals surface area contributed by atoms with E-state index in [2.05, 4.69) is 25.3 Å². The smallest absolute Gasteiger partial charge is 0.182 e. The van der Waals surface area contributed by atoms with E-state index in [1.165, 1.54) is 0 Å². The van der Waals surface area contributed by atoms with Crippen LogP contribution in [0.25, 0.3) is 33.5 Å². The van der Waals surface area contributed by atoms with Gasteiger partial charge in [-0.2, -0.15) is 0 Å². The van der Waals surface area contributed by atoms with Gasteiger partial charge in [-0.25, -0.2) is 15.0 Å². The van der Waals surface area contributed by atoms with Gasteiger partial charge in [-0.3, -0.25) is 4.98 Å². The average Bonchev–Trinajstić information content (AvgIpc) is 2.67. The number of rotatable bonds is 3. The highest BCUT2D eigenvalue weighted by molar-refractivity contribution is 6.33. The van der Waals surface area contributed by atoms with Gasteiger partial charge in [0, 0.05) is 35.4 Å². The lowest BCUT2D eigenvalue weighted by Gasteiger charge is -2.10. The fourth-order valence-electron chi connectivity index (χ4n) is 2.71. The first kappa shape index (κ1) is 15.5. The number of fused-ring (bicyclic) bond motifs is 1. The zero-order valence-corrected chi connectivity index (χ0v) is 14.2. The Balaban J connectivity index is 1.93. The van der Waals surface area contributed by atoms with Gasteiger partial charge in [0.15, 0.2) is 5.82 Å². The van der Waals surface area contributed by atoms with Gasteiger partial charge in [0.2, 0.25) is 0 Å². The van der Waals surface area contributed by atoms with Crippen LogP contribution in [0.15, 0.2) is 61.1 Å². The normalized spacial score (nSPS) is 10.8. The first-order valence-corrected chi connectivity index (χ1v) is 8.15. The minimum Gasteiger partial charge on any atom is -0.373 e. The number of nitrogens with zero attached hydrogens (tertiary/aromatic N) is 4. The van der Waals surface area contributed by atoms with Gasteiger partial charge >= 0.3 is 0 Å². The summed E-state index contributed by atoms with van der Waals surface area (Å²) in [5.41, 5.74) is 3.42. The maximum Gasteiger partial charge on any atom is 0.182 e. The summed E-state index contributed by atoms with van der Waals surface area (Å²) in [5, 5.41) is 4.77. The molecule has 4 rings (SSSR count). The Bertz CT molecular complexity index is 1050. The minimum atomic E-state index is 0.529. The Kier molecular flexibility index (Phi) is 3.99. The molecule has 0 atom stereocenters. The van der Waals surface area contributed by atoms with E-state index in [1.807, 2.05) is 49.5 Å². The third-order valence-corrected chi connectivity index (χ3v) is 4.24. The van der Waals surface area contributed by atoms with E-state index in [0.717, 1.165) is 27.8 Å². The van der Waals surface area contributed by atoms with Crippen LogP contribution >= 0.6 is 11.6 Å². The van der Waals surface area contributed by atoms with Gasteiger partial charge in [0.1, 0.15) is 11.5 Å². The summed E-state index contributed by atoms with van der Waals surface area (Å²) < 4.78 is 0. The van der Waals surface area contributed by atoms with Crippen LogP contribution in [0.3, 0.4) is 0 Å². The van der Waals surface area contributed by atoms with Crippen LogP contribution in [-0.4, -0.2) is 27.0 Å². The Morgan fingerprint density at radius 2 is 1.88 bits per heavy atom. The van der Waals surface area contributed by atoms with Crippen molar-refractivity contribution in [3.05, 3.63) is 66.1 Å². The Morgan fingerprint density at radius 1 is 1.00 bits per heavy atom. The maximum atomic E-state index is 6.33. The molecular weight excluding hydrogens is 334 g/mol. The molecule has 5 nitrogen and oxygen atoms in total. The van der Waals surface area contributed by atoms with Crippen LogP contribution in [0.5, 0.6) is 0 Å². The lowest BCUT2D eigenvalue weighted by Crippen LogP contribution is -2.00. The number of hydrogen-bond donors (Lipinski definition) is 1. The fourth-order valence-corrected chi connectivity index (χ4v) is 2.96. The summed E-state index contributed by atoms with van der Waals surface area (Å²) in [7, 11) is 1.84. The van der Waals surface area contributed by atoms with E-state index >= 15 is 0 Å². The van der Waals surface area contributed by atoms with Crippen LogP contribution in [0.4, 0.5) is 5.82 Å². The molecule has 2 aromatic carbocycles. The van der Waals surface area contributed by atoms with E-state index in [9.17, 15) is 0 Å². The predicted molar refractivity (Wildman–Crippen MR) is 101 cm³/mol. The number of benzene rings is 2. The zero-order chi connectivity index (χ0) is 17.2. The van der Waals surface area contributed by atoms with Crippen LogP contribution in [0, 0.1) is 0 Å². The van der Waals surface area contributed by atoms with E-state index in [4.69, 9.17) is 11.6 Å². The van der Waals surface area contributed by atoms with Crippen molar-refractivity contribution in [2.24, 2.45) is 0 Å². The highest BCUT2D eigenvalue weighted by Gasteiger charge is 2.11. The molecule has 6 heteroatoms. The molecular formula is C19H14ClN5. The quantitative estimate of drug-likeness (QED) is 0.593. The van der Waals surface area contributed by atoms with Crippen molar-refractivity contribution in [2.75, 3.05) is 12.4 Å². The van der Waals surface area contributed by atoms with Crippen molar-refractivity contribution < 1.29 is 0 Å². The molecule has 0 aliphatic heterocycles.